The highest BCUT2D eigenvalue weighted by atomic mass is 16.5. The normalized spacial score (nSPS) is 37.5. The number of ether oxygens (including phenoxy) is 1. The van der Waals surface area contributed by atoms with Crippen molar-refractivity contribution in [3.05, 3.63) is 0 Å². The van der Waals surface area contributed by atoms with Crippen molar-refractivity contribution in [3.63, 3.8) is 0 Å². The Labute approximate surface area is 99.1 Å². The molecule has 3 aliphatic rings. The van der Waals surface area contributed by atoms with Gasteiger partial charge in [-0.15, -0.1) is 0 Å². The molecule has 2 unspecified atom stereocenters. The molecule has 16 heavy (non-hydrogen) atoms. The molecule has 1 heterocycles. The molecule has 1 aliphatic heterocycles. The maximum absolute atomic E-state index is 5.42. The van der Waals surface area contributed by atoms with Crippen molar-refractivity contribution in [2.45, 2.75) is 63.5 Å². The van der Waals surface area contributed by atoms with Crippen molar-refractivity contribution in [1.82, 2.24) is 5.32 Å². The zero-order valence-electron chi connectivity index (χ0n) is 10.3. The molecule has 0 amide bonds. The van der Waals surface area contributed by atoms with Gasteiger partial charge in [0.2, 0.25) is 0 Å². The lowest BCUT2D eigenvalue weighted by molar-refractivity contribution is 0.0714. The summed E-state index contributed by atoms with van der Waals surface area (Å²) < 4.78 is 5.42. The van der Waals surface area contributed by atoms with Crippen LogP contribution in [0.3, 0.4) is 0 Å². The molecular formula is C14H25NO. The molecule has 0 aromatic rings. The van der Waals surface area contributed by atoms with Gasteiger partial charge < -0.3 is 10.1 Å². The molecule has 2 nitrogen and oxygen atoms in total. The molecule has 1 saturated heterocycles. The maximum Gasteiger partial charge on any atom is 0.0480 e. The summed E-state index contributed by atoms with van der Waals surface area (Å²) in [5.41, 5.74) is 0. The maximum atomic E-state index is 5.42. The molecule has 3 rings (SSSR count). The van der Waals surface area contributed by atoms with Gasteiger partial charge >= 0.3 is 0 Å². The van der Waals surface area contributed by atoms with Crippen LogP contribution in [0.15, 0.2) is 0 Å². The lowest BCUT2D eigenvalue weighted by Crippen LogP contribution is -2.43. The van der Waals surface area contributed by atoms with E-state index < -0.39 is 0 Å². The second-order valence-corrected chi connectivity index (χ2v) is 6.01. The van der Waals surface area contributed by atoms with Crippen LogP contribution in [0.5, 0.6) is 0 Å². The van der Waals surface area contributed by atoms with E-state index in [0.29, 0.717) is 0 Å². The fraction of sp³-hybridized carbons (Fsp3) is 1.00. The van der Waals surface area contributed by atoms with Gasteiger partial charge in [0.25, 0.3) is 0 Å². The van der Waals surface area contributed by atoms with Crippen molar-refractivity contribution < 1.29 is 4.74 Å². The smallest absolute Gasteiger partial charge is 0.0480 e. The molecule has 0 radical (unpaired) electrons. The molecule has 0 aromatic carbocycles. The molecule has 0 spiro atoms. The van der Waals surface area contributed by atoms with E-state index >= 15 is 0 Å². The fourth-order valence-corrected chi connectivity index (χ4v) is 3.57. The summed E-state index contributed by atoms with van der Waals surface area (Å²) in [5.74, 6) is 2.17. The minimum atomic E-state index is 0.747. The summed E-state index contributed by atoms with van der Waals surface area (Å²) in [5, 5.41) is 3.89. The van der Waals surface area contributed by atoms with Crippen molar-refractivity contribution >= 4 is 0 Å². The molecular weight excluding hydrogens is 198 g/mol. The van der Waals surface area contributed by atoms with Crippen LogP contribution in [-0.2, 0) is 4.74 Å². The van der Waals surface area contributed by atoms with E-state index in [9.17, 15) is 0 Å². The summed E-state index contributed by atoms with van der Waals surface area (Å²) >= 11 is 0. The second-order valence-electron chi connectivity index (χ2n) is 6.01. The zero-order valence-corrected chi connectivity index (χ0v) is 10.3. The quantitative estimate of drug-likeness (QED) is 0.794. The van der Waals surface area contributed by atoms with Crippen LogP contribution >= 0.6 is 0 Å². The van der Waals surface area contributed by atoms with Crippen LogP contribution in [0.4, 0.5) is 0 Å². The highest BCUT2D eigenvalue weighted by Crippen LogP contribution is 2.43. The first kappa shape index (κ1) is 11.0. The third kappa shape index (κ3) is 2.78. The van der Waals surface area contributed by atoms with Gasteiger partial charge in [0.1, 0.15) is 0 Å². The van der Waals surface area contributed by atoms with Crippen LogP contribution in [0, 0.1) is 11.8 Å². The second kappa shape index (κ2) is 5.05. The Kier molecular flexibility index (Phi) is 3.49. The summed E-state index contributed by atoms with van der Waals surface area (Å²) in [6, 6.07) is 1.57. The molecule has 0 bridgehead atoms. The van der Waals surface area contributed by atoms with E-state index in [1.54, 1.807) is 0 Å². The van der Waals surface area contributed by atoms with Crippen molar-refractivity contribution in [1.29, 1.82) is 0 Å². The Morgan fingerprint density at radius 1 is 0.750 bits per heavy atom. The summed E-state index contributed by atoms with van der Waals surface area (Å²) in [6.07, 6.45) is 11.3. The molecule has 3 fully saturated rings. The Morgan fingerprint density at radius 2 is 1.56 bits per heavy atom. The monoisotopic (exact) mass is 223 g/mol. The van der Waals surface area contributed by atoms with E-state index in [4.69, 9.17) is 4.74 Å². The zero-order chi connectivity index (χ0) is 10.8. The van der Waals surface area contributed by atoms with Crippen molar-refractivity contribution in [2.75, 3.05) is 13.2 Å². The van der Waals surface area contributed by atoms with Gasteiger partial charge in [-0.05, 0) is 50.4 Å². The number of nitrogens with one attached hydrogen (secondary N) is 1. The Hall–Kier alpha value is -0.0800. The standard InChI is InChI=1S/C14H25NO/c1-2-12(11-4-5-11)10-14(3-1)15-13-6-8-16-9-7-13/h11-15H,1-10H2. The van der Waals surface area contributed by atoms with Crippen LogP contribution in [0.25, 0.3) is 0 Å². The third-order valence-electron chi connectivity index (χ3n) is 4.70. The first-order valence-electron chi connectivity index (χ1n) is 7.25. The predicted octanol–water partition coefficient (Wildman–Crippen LogP) is 2.72. The van der Waals surface area contributed by atoms with E-state index in [1.807, 2.05) is 0 Å². The lowest BCUT2D eigenvalue weighted by atomic mass is 9.82. The SMILES string of the molecule is C1CC(NC2CCOCC2)CC(C2CC2)C1. The van der Waals surface area contributed by atoms with E-state index in [0.717, 1.165) is 37.1 Å². The summed E-state index contributed by atoms with van der Waals surface area (Å²) in [7, 11) is 0. The van der Waals surface area contributed by atoms with Gasteiger partial charge in [0.15, 0.2) is 0 Å². The number of hydrogen-bond donors (Lipinski definition) is 1. The van der Waals surface area contributed by atoms with Crippen molar-refractivity contribution in [3.8, 4) is 0 Å². The Balaban J connectivity index is 1.46. The predicted molar refractivity (Wildman–Crippen MR) is 65.4 cm³/mol. The third-order valence-corrected chi connectivity index (χ3v) is 4.70. The van der Waals surface area contributed by atoms with Gasteiger partial charge in [-0.25, -0.2) is 0 Å². The average molecular weight is 223 g/mol. The van der Waals surface area contributed by atoms with E-state index in [-0.39, 0.29) is 0 Å². The molecule has 2 saturated carbocycles. The van der Waals surface area contributed by atoms with Gasteiger partial charge in [-0.3, -0.25) is 0 Å². The van der Waals surface area contributed by atoms with Crippen molar-refractivity contribution in [2.24, 2.45) is 11.8 Å². The molecule has 2 atom stereocenters. The molecule has 2 heteroatoms. The van der Waals surface area contributed by atoms with Crippen LogP contribution in [0.1, 0.15) is 51.4 Å². The van der Waals surface area contributed by atoms with Crippen LogP contribution < -0.4 is 5.32 Å². The highest BCUT2D eigenvalue weighted by molar-refractivity contribution is 4.89. The minimum Gasteiger partial charge on any atom is -0.381 e. The lowest BCUT2D eigenvalue weighted by Gasteiger charge is -2.34. The minimum absolute atomic E-state index is 0.747. The molecule has 0 aromatic heterocycles. The summed E-state index contributed by atoms with van der Waals surface area (Å²) in [4.78, 5) is 0. The number of hydrogen-bond acceptors (Lipinski definition) is 2. The largest absolute Gasteiger partial charge is 0.381 e. The van der Waals surface area contributed by atoms with Gasteiger partial charge in [-0.2, -0.15) is 0 Å². The van der Waals surface area contributed by atoms with Gasteiger partial charge in [0, 0.05) is 25.3 Å². The van der Waals surface area contributed by atoms with Crippen LogP contribution in [-0.4, -0.2) is 25.3 Å². The van der Waals surface area contributed by atoms with Crippen LogP contribution in [0.2, 0.25) is 0 Å². The molecule has 92 valence electrons. The van der Waals surface area contributed by atoms with Gasteiger partial charge in [0.05, 0.1) is 0 Å². The first-order chi connectivity index (χ1) is 7.92. The average Bonchev–Trinajstić information content (AvgIpc) is 3.15. The Morgan fingerprint density at radius 3 is 2.31 bits per heavy atom. The van der Waals surface area contributed by atoms with E-state index in [2.05, 4.69) is 5.32 Å². The summed E-state index contributed by atoms with van der Waals surface area (Å²) in [6.45, 7) is 1.94. The fourth-order valence-electron chi connectivity index (χ4n) is 3.57. The molecule has 1 N–H and O–H groups in total. The topological polar surface area (TPSA) is 21.3 Å². The van der Waals surface area contributed by atoms with E-state index in [1.165, 1.54) is 51.4 Å². The molecule has 2 aliphatic carbocycles. The van der Waals surface area contributed by atoms with Gasteiger partial charge in [-0.1, -0.05) is 12.8 Å². The highest BCUT2D eigenvalue weighted by Gasteiger charge is 2.35. The number of rotatable bonds is 3. The Bertz CT molecular complexity index is 221. The first-order valence-corrected chi connectivity index (χ1v) is 7.25.